The quantitative estimate of drug-likeness (QED) is 0.609. The van der Waals surface area contributed by atoms with Gasteiger partial charge in [-0.1, -0.05) is 36.3 Å². The number of carbonyl (C=O) groups is 2. The maximum Gasteiger partial charge on any atom is 0.251 e. The highest BCUT2D eigenvalue weighted by molar-refractivity contribution is 5.99. The van der Waals surface area contributed by atoms with Gasteiger partial charge in [0.2, 0.25) is 11.8 Å². The summed E-state index contributed by atoms with van der Waals surface area (Å²) in [5, 5.41) is 9.12. The molecule has 7 heteroatoms. The standard InChI is InChI=1S/C22H23N3O4/c1-3-15-5-7-16(8-6-15)19-13-21(29-25-19)24-20(26)14-23-22(27)17-9-11-18(12-10-17)28-4-2/h5-13H,3-4,14H2,1-2H3,(H,23,27)(H,24,26). The minimum atomic E-state index is -0.409. The first-order valence-electron chi connectivity index (χ1n) is 9.46. The van der Waals surface area contributed by atoms with Crippen LogP contribution in [0.1, 0.15) is 29.8 Å². The van der Waals surface area contributed by atoms with Crippen molar-refractivity contribution in [2.75, 3.05) is 18.5 Å². The van der Waals surface area contributed by atoms with Gasteiger partial charge in [0, 0.05) is 17.2 Å². The normalized spacial score (nSPS) is 10.4. The predicted molar refractivity (Wildman–Crippen MR) is 110 cm³/mol. The third-order valence-electron chi connectivity index (χ3n) is 4.27. The van der Waals surface area contributed by atoms with Gasteiger partial charge in [0.05, 0.1) is 13.2 Å². The predicted octanol–water partition coefficient (Wildman–Crippen LogP) is 3.67. The fraction of sp³-hybridized carbons (Fsp3) is 0.227. The van der Waals surface area contributed by atoms with E-state index in [-0.39, 0.29) is 18.3 Å². The fourth-order valence-corrected chi connectivity index (χ4v) is 2.69. The number of amides is 2. The number of carbonyl (C=O) groups excluding carboxylic acids is 2. The average molecular weight is 393 g/mol. The largest absolute Gasteiger partial charge is 0.494 e. The summed E-state index contributed by atoms with van der Waals surface area (Å²) in [7, 11) is 0. The Labute approximate surface area is 169 Å². The van der Waals surface area contributed by atoms with E-state index in [1.165, 1.54) is 5.56 Å². The number of rotatable bonds is 8. The Morgan fingerprint density at radius 2 is 1.76 bits per heavy atom. The van der Waals surface area contributed by atoms with Gasteiger partial charge in [0.15, 0.2) is 0 Å². The molecular formula is C22H23N3O4. The SMILES string of the molecule is CCOc1ccc(C(=O)NCC(=O)Nc2cc(-c3ccc(CC)cc3)no2)cc1. The number of nitrogens with zero attached hydrogens (tertiary/aromatic N) is 1. The molecule has 29 heavy (non-hydrogen) atoms. The Morgan fingerprint density at radius 3 is 2.41 bits per heavy atom. The fourth-order valence-electron chi connectivity index (χ4n) is 2.69. The highest BCUT2D eigenvalue weighted by Crippen LogP contribution is 2.22. The Morgan fingerprint density at radius 1 is 1.03 bits per heavy atom. The molecule has 0 saturated heterocycles. The van der Waals surface area contributed by atoms with Crippen molar-refractivity contribution >= 4 is 17.7 Å². The van der Waals surface area contributed by atoms with E-state index in [4.69, 9.17) is 9.26 Å². The minimum Gasteiger partial charge on any atom is -0.494 e. The summed E-state index contributed by atoms with van der Waals surface area (Å²) in [6.07, 6.45) is 0.961. The monoisotopic (exact) mass is 393 g/mol. The first kappa shape index (κ1) is 20.1. The van der Waals surface area contributed by atoms with Crippen LogP contribution in [0.15, 0.2) is 59.1 Å². The summed E-state index contributed by atoms with van der Waals surface area (Å²) in [5.74, 6) is 0.151. The minimum absolute atomic E-state index is 0.187. The van der Waals surface area contributed by atoms with E-state index in [9.17, 15) is 9.59 Å². The Kier molecular flexibility index (Phi) is 6.63. The van der Waals surface area contributed by atoms with Gasteiger partial charge in [-0.15, -0.1) is 0 Å². The van der Waals surface area contributed by atoms with E-state index < -0.39 is 5.91 Å². The number of benzene rings is 2. The first-order chi connectivity index (χ1) is 14.1. The van der Waals surface area contributed by atoms with E-state index in [2.05, 4.69) is 22.7 Å². The summed E-state index contributed by atoms with van der Waals surface area (Å²) in [6, 6.07) is 16.3. The summed E-state index contributed by atoms with van der Waals surface area (Å²) in [6.45, 7) is 4.35. The van der Waals surface area contributed by atoms with Gasteiger partial charge in [-0.25, -0.2) is 0 Å². The van der Waals surface area contributed by atoms with Crippen molar-refractivity contribution in [2.45, 2.75) is 20.3 Å². The van der Waals surface area contributed by atoms with Gasteiger partial charge in [-0.3, -0.25) is 14.9 Å². The molecule has 0 radical (unpaired) electrons. The van der Waals surface area contributed by atoms with Crippen molar-refractivity contribution in [1.29, 1.82) is 0 Å². The lowest BCUT2D eigenvalue weighted by molar-refractivity contribution is -0.115. The number of ether oxygens (including phenoxy) is 1. The average Bonchev–Trinajstić information content (AvgIpc) is 3.21. The molecule has 0 unspecified atom stereocenters. The zero-order chi connectivity index (χ0) is 20.6. The number of nitrogens with one attached hydrogen (secondary N) is 2. The smallest absolute Gasteiger partial charge is 0.251 e. The van der Waals surface area contributed by atoms with Gasteiger partial charge in [0.25, 0.3) is 5.91 Å². The van der Waals surface area contributed by atoms with Gasteiger partial charge in [0.1, 0.15) is 11.4 Å². The zero-order valence-corrected chi connectivity index (χ0v) is 16.4. The third kappa shape index (κ3) is 5.44. The Bertz CT molecular complexity index is 962. The lowest BCUT2D eigenvalue weighted by Crippen LogP contribution is -2.32. The summed E-state index contributed by atoms with van der Waals surface area (Å²) >= 11 is 0. The highest BCUT2D eigenvalue weighted by atomic mass is 16.5. The molecule has 0 aliphatic carbocycles. The van der Waals surface area contributed by atoms with Crippen molar-refractivity contribution in [3.8, 4) is 17.0 Å². The van der Waals surface area contributed by atoms with Crippen LogP contribution in [0.2, 0.25) is 0 Å². The molecular weight excluding hydrogens is 370 g/mol. The Balaban J connectivity index is 1.51. The van der Waals surface area contributed by atoms with Crippen LogP contribution in [0, 0.1) is 0 Å². The van der Waals surface area contributed by atoms with Crippen LogP contribution in [-0.4, -0.2) is 30.1 Å². The van der Waals surface area contributed by atoms with Crippen LogP contribution in [0.25, 0.3) is 11.3 Å². The lowest BCUT2D eigenvalue weighted by Gasteiger charge is -2.06. The number of hydrogen-bond donors (Lipinski definition) is 2. The second-order valence-electron chi connectivity index (χ2n) is 6.32. The van der Waals surface area contributed by atoms with Crippen molar-refractivity contribution < 1.29 is 18.8 Å². The molecule has 0 spiro atoms. The van der Waals surface area contributed by atoms with E-state index in [1.54, 1.807) is 30.3 Å². The maximum atomic E-state index is 12.1. The molecule has 1 heterocycles. The van der Waals surface area contributed by atoms with Gasteiger partial charge >= 0.3 is 0 Å². The van der Waals surface area contributed by atoms with Crippen molar-refractivity contribution in [3.05, 3.63) is 65.7 Å². The van der Waals surface area contributed by atoms with E-state index in [0.717, 1.165) is 12.0 Å². The number of aryl methyl sites for hydroxylation is 1. The van der Waals surface area contributed by atoms with Gasteiger partial charge in [-0.2, -0.15) is 0 Å². The maximum absolute atomic E-state index is 12.1. The molecule has 2 aromatic carbocycles. The number of aromatic nitrogens is 1. The van der Waals surface area contributed by atoms with Crippen LogP contribution in [0.5, 0.6) is 5.75 Å². The first-order valence-corrected chi connectivity index (χ1v) is 9.46. The van der Waals surface area contributed by atoms with Crippen LogP contribution >= 0.6 is 0 Å². The molecule has 0 fully saturated rings. The van der Waals surface area contributed by atoms with E-state index in [0.29, 0.717) is 23.6 Å². The van der Waals surface area contributed by atoms with Crippen LogP contribution in [0.4, 0.5) is 5.88 Å². The Hall–Kier alpha value is -3.61. The summed E-state index contributed by atoms with van der Waals surface area (Å²) < 4.78 is 10.5. The van der Waals surface area contributed by atoms with Crippen LogP contribution in [0.3, 0.4) is 0 Å². The van der Waals surface area contributed by atoms with Crippen LogP contribution < -0.4 is 15.4 Å². The molecule has 2 amide bonds. The third-order valence-corrected chi connectivity index (χ3v) is 4.27. The highest BCUT2D eigenvalue weighted by Gasteiger charge is 2.12. The van der Waals surface area contributed by atoms with Gasteiger partial charge < -0.3 is 14.6 Å². The number of hydrogen-bond acceptors (Lipinski definition) is 5. The van der Waals surface area contributed by atoms with E-state index in [1.807, 2.05) is 31.2 Å². The molecule has 150 valence electrons. The molecule has 3 aromatic rings. The number of anilines is 1. The molecule has 0 aliphatic heterocycles. The van der Waals surface area contributed by atoms with Crippen molar-refractivity contribution in [3.63, 3.8) is 0 Å². The second-order valence-corrected chi connectivity index (χ2v) is 6.32. The summed E-state index contributed by atoms with van der Waals surface area (Å²) in [4.78, 5) is 24.2. The van der Waals surface area contributed by atoms with Crippen LogP contribution in [-0.2, 0) is 11.2 Å². The lowest BCUT2D eigenvalue weighted by atomic mass is 10.1. The topological polar surface area (TPSA) is 93.5 Å². The molecule has 0 bridgehead atoms. The molecule has 3 rings (SSSR count). The zero-order valence-electron chi connectivity index (χ0n) is 16.4. The van der Waals surface area contributed by atoms with Gasteiger partial charge in [-0.05, 0) is 43.2 Å². The molecule has 1 aromatic heterocycles. The molecule has 7 nitrogen and oxygen atoms in total. The molecule has 0 atom stereocenters. The summed E-state index contributed by atoms with van der Waals surface area (Å²) in [5.41, 5.74) is 3.20. The molecule has 0 saturated carbocycles. The molecule has 0 aliphatic rings. The van der Waals surface area contributed by atoms with Crippen molar-refractivity contribution in [1.82, 2.24) is 10.5 Å². The van der Waals surface area contributed by atoms with Crippen molar-refractivity contribution in [2.24, 2.45) is 0 Å². The molecule has 2 N–H and O–H groups in total. The van der Waals surface area contributed by atoms with E-state index >= 15 is 0 Å². The second kappa shape index (κ2) is 9.54.